The maximum Gasteiger partial charge on any atom is 0.256 e. The smallest absolute Gasteiger partial charge is 0.256 e. The quantitative estimate of drug-likeness (QED) is 0.460. The first-order valence-corrected chi connectivity index (χ1v) is 10.6. The lowest BCUT2D eigenvalue weighted by Crippen LogP contribution is -2.44. The van der Waals surface area contributed by atoms with Gasteiger partial charge in [-0.15, -0.1) is 0 Å². The van der Waals surface area contributed by atoms with Crippen LogP contribution in [0.15, 0.2) is 78.9 Å². The summed E-state index contributed by atoms with van der Waals surface area (Å²) < 4.78 is 13.5. The molecule has 0 bridgehead atoms. The van der Waals surface area contributed by atoms with Crippen LogP contribution in [0.1, 0.15) is 22.9 Å². The van der Waals surface area contributed by atoms with E-state index >= 15 is 0 Å². The number of carbonyl (C=O) groups excluding carboxylic acids is 1. The highest BCUT2D eigenvalue weighted by Gasteiger charge is 2.50. The average Bonchev–Trinajstić information content (AvgIpc) is 3.29. The zero-order valence-corrected chi connectivity index (χ0v) is 17.3. The Morgan fingerprint density at radius 2 is 1.65 bits per heavy atom. The van der Waals surface area contributed by atoms with E-state index in [4.69, 9.17) is 12.2 Å². The topological polar surface area (TPSA) is 39.3 Å². The van der Waals surface area contributed by atoms with E-state index in [1.54, 1.807) is 17.0 Å². The van der Waals surface area contributed by atoms with Crippen LogP contribution in [0.25, 0.3) is 10.9 Å². The van der Waals surface area contributed by atoms with Crippen molar-refractivity contribution >= 4 is 39.8 Å². The van der Waals surface area contributed by atoms with Gasteiger partial charge in [0.05, 0.1) is 11.7 Å². The van der Waals surface area contributed by atoms with E-state index in [9.17, 15) is 9.18 Å². The van der Waals surface area contributed by atoms with E-state index in [0.29, 0.717) is 17.2 Å². The summed E-state index contributed by atoms with van der Waals surface area (Å²) in [5.41, 5.74) is 4.94. The number of benzene rings is 3. The molecule has 31 heavy (non-hydrogen) atoms. The number of fused-ring (bicyclic) bond motifs is 4. The number of para-hydroxylation sites is 1. The SMILES string of the molecule is O=C1[C@@H]2Cc3c([nH]c4ccccc34)[C@H](c3ccccc3)N2C(=S)N1c1ccc(F)cc1. The fourth-order valence-corrected chi connectivity index (χ4v) is 5.31. The lowest BCUT2D eigenvalue weighted by Gasteiger charge is -2.37. The summed E-state index contributed by atoms with van der Waals surface area (Å²) in [6.45, 7) is 0. The number of halogens is 1. The molecule has 3 heterocycles. The molecule has 6 rings (SSSR count). The summed E-state index contributed by atoms with van der Waals surface area (Å²) >= 11 is 5.84. The van der Waals surface area contributed by atoms with Crippen molar-refractivity contribution in [2.45, 2.75) is 18.5 Å². The van der Waals surface area contributed by atoms with Crippen molar-refractivity contribution in [1.29, 1.82) is 0 Å². The van der Waals surface area contributed by atoms with Crippen LogP contribution < -0.4 is 4.90 Å². The van der Waals surface area contributed by atoms with Crippen molar-refractivity contribution in [3.05, 3.63) is 102 Å². The van der Waals surface area contributed by atoms with Crippen LogP contribution >= 0.6 is 12.2 Å². The van der Waals surface area contributed by atoms with Gasteiger partial charge in [-0.2, -0.15) is 0 Å². The van der Waals surface area contributed by atoms with Gasteiger partial charge in [0.25, 0.3) is 5.91 Å². The highest BCUT2D eigenvalue weighted by atomic mass is 32.1. The van der Waals surface area contributed by atoms with E-state index in [0.717, 1.165) is 27.7 Å². The predicted molar refractivity (Wildman–Crippen MR) is 122 cm³/mol. The Bertz CT molecular complexity index is 1330. The number of nitrogens with one attached hydrogen (secondary N) is 1. The maximum absolute atomic E-state index is 13.6. The molecule has 0 unspecified atom stereocenters. The van der Waals surface area contributed by atoms with Gasteiger partial charge < -0.3 is 9.88 Å². The van der Waals surface area contributed by atoms with Gasteiger partial charge in [-0.25, -0.2) is 4.39 Å². The van der Waals surface area contributed by atoms with Gasteiger partial charge >= 0.3 is 0 Å². The van der Waals surface area contributed by atoms with Crippen molar-refractivity contribution in [3.63, 3.8) is 0 Å². The Morgan fingerprint density at radius 1 is 0.935 bits per heavy atom. The minimum Gasteiger partial charge on any atom is -0.356 e. The molecule has 2 aliphatic rings. The first kappa shape index (κ1) is 18.3. The lowest BCUT2D eigenvalue weighted by molar-refractivity contribution is -0.120. The van der Waals surface area contributed by atoms with Crippen LogP contribution in [-0.2, 0) is 11.2 Å². The van der Waals surface area contributed by atoms with Gasteiger partial charge in [-0.1, -0.05) is 48.5 Å². The van der Waals surface area contributed by atoms with Gasteiger partial charge in [0.15, 0.2) is 5.11 Å². The van der Waals surface area contributed by atoms with E-state index in [1.807, 2.05) is 35.2 Å². The molecular formula is C25H18FN3OS. The Hall–Kier alpha value is -3.51. The van der Waals surface area contributed by atoms with E-state index in [-0.39, 0.29) is 17.8 Å². The lowest BCUT2D eigenvalue weighted by atomic mass is 9.89. The summed E-state index contributed by atoms with van der Waals surface area (Å²) in [7, 11) is 0. The molecule has 0 radical (unpaired) electrons. The Labute approximate surface area is 183 Å². The van der Waals surface area contributed by atoms with Crippen LogP contribution in [0.2, 0.25) is 0 Å². The fourth-order valence-electron chi connectivity index (χ4n) is 4.88. The summed E-state index contributed by atoms with van der Waals surface area (Å²) in [6.07, 6.45) is 0.569. The highest BCUT2D eigenvalue weighted by molar-refractivity contribution is 7.80. The monoisotopic (exact) mass is 427 g/mol. The average molecular weight is 428 g/mol. The molecule has 2 atom stereocenters. The Morgan fingerprint density at radius 3 is 2.42 bits per heavy atom. The standard InChI is InChI=1S/C25H18FN3OS/c26-16-10-12-17(13-11-16)28-24(30)21-14-19-18-8-4-5-9-20(18)27-22(19)23(29(21)25(28)31)15-6-2-1-3-7-15/h1-13,21,23,27H,14H2/t21-,23-/m0/s1. The van der Waals surface area contributed by atoms with Gasteiger partial charge in [0.2, 0.25) is 0 Å². The normalized spacial score (nSPS) is 20.3. The second-order valence-corrected chi connectivity index (χ2v) is 8.30. The molecule has 0 saturated carbocycles. The molecule has 0 aliphatic carbocycles. The molecule has 1 amide bonds. The van der Waals surface area contributed by atoms with Crippen molar-refractivity contribution < 1.29 is 9.18 Å². The summed E-state index contributed by atoms with van der Waals surface area (Å²) in [6, 6.07) is 23.6. The van der Waals surface area contributed by atoms with Crippen LogP contribution in [0.4, 0.5) is 10.1 Å². The van der Waals surface area contributed by atoms with Crippen LogP contribution in [0.3, 0.4) is 0 Å². The molecule has 1 saturated heterocycles. The third-order valence-corrected chi connectivity index (χ3v) is 6.64. The number of hydrogen-bond acceptors (Lipinski definition) is 2. The molecule has 1 fully saturated rings. The van der Waals surface area contributed by atoms with Crippen LogP contribution in [0, 0.1) is 5.82 Å². The minimum absolute atomic E-state index is 0.0755. The number of nitrogens with zero attached hydrogens (tertiary/aromatic N) is 2. The van der Waals surface area contributed by atoms with Crippen molar-refractivity contribution in [1.82, 2.24) is 9.88 Å². The zero-order chi connectivity index (χ0) is 21.1. The third kappa shape index (κ3) is 2.65. The summed E-state index contributed by atoms with van der Waals surface area (Å²) in [4.78, 5) is 20.7. The van der Waals surface area contributed by atoms with Gasteiger partial charge in [-0.3, -0.25) is 9.69 Å². The van der Waals surface area contributed by atoms with Crippen molar-refractivity contribution in [2.75, 3.05) is 4.90 Å². The molecule has 2 aliphatic heterocycles. The summed E-state index contributed by atoms with van der Waals surface area (Å²) in [5.74, 6) is -0.420. The number of rotatable bonds is 2. The third-order valence-electron chi connectivity index (χ3n) is 6.25. The molecular weight excluding hydrogens is 409 g/mol. The molecule has 0 spiro atoms. The number of aromatic nitrogens is 1. The van der Waals surface area contributed by atoms with Gasteiger partial charge in [0.1, 0.15) is 11.9 Å². The fraction of sp³-hybridized carbons (Fsp3) is 0.120. The molecule has 3 aromatic carbocycles. The first-order chi connectivity index (χ1) is 15.1. The number of H-pyrrole nitrogens is 1. The van der Waals surface area contributed by atoms with Gasteiger partial charge in [-0.05, 0) is 53.7 Å². The number of hydrogen-bond donors (Lipinski definition) is 1. The number of thiocarbonyl (C=S) groups is 1. The van der Waals surface area contributed by atoms with E-state index in [1.165, 1.54) is 12.1 Å². The summed E-state index contributed by atoms with van der Waals surface area (Å²) in [5, 5.41) is 1.58. The largest absolute Gasteiger partial charge is 0.356 e. The first-order valence-electron chi connectivity index (χ1n) is 10.2. The van der Waals surface area contributed by atoms with E-state index < -0.39 is 6.04 Å². The number of anilines is 1. The predicted octanol–water partition coefficient (Wildman–Crippen LogP) is 4.95. The second-order valence-electron chi connectivity index (χ2n) is 7.94. The van der Waals surface area contributed by atoms with Gasteiger partial charge in [0, 0.05) is 23.0 Å². The minimum atomic E-state index is -0.408. The maximum atomic E-state index is 13.6. The van der Waals surface area contributed by atoms with Crippen LogP contribution in [0.5, 0.6) is 0 Å². The Balaban J connectivity index is 1.54. The van der Waals surface area contributed by atoms with Crippen molar-refractivity contribution in [3.8, 4) is 0 Å². The van der Waals surface area contributed by atoms with Crippen molar-refractivity contribution in [2.24, 2.45) is 0 Å². The number of aromatic amines is 1. The molecule has 6 heteroatoms. The Kier molecular flexibility index (Phi) is 3.98. The molecule has 4 nitrogen and oxygen atoms in total. The van der Waals surface area contributed by atoms with Crippen LogP contribution in [-0.4, -0.2) is 26.9 Å². The second kappa shape index (κ2) is 6.75. The molecule has 152 valence electrons. The highest BCUT2D eigenvalue weighted by Crippen LogP contribution is 2.44. The molecule has 1 N–H and O–H groups in total. The van der Waals surface area contributed by atoms with E-state index in [2.05, 4.69) is 29.2 Å². The molecule has 1 aromatic heterocycles. The zero-order valence-electron chi connectivity index (χ0n) is 16.5. The number of carbonyl (C=O) groups is 1. The molecule has 4 aromatic rings. The number of amides is 1.